The van der Waals surface area contributed by atoms with Crippen LogP contribution in [0.3, 0.4) is 0 Å². The fraction of sp³-hybridized carbons (Fsp3) is 0.127. The maximum atomic E-state index is 2.47. The van der Waals surface area contributed by atoms with Crippen molar-refractivity contribution in [2.75, 3.05) is 0 Å². The third kappa shape index (κ3) is 5.31. The van der Waals surface area contributed by atoms with Crippen LogP contribution in [0, 0.1) is 41.5 Å². The Morgan fingerprint density at radius 1 is 0.333 bits per heavy atom. The smallest absolute Gasteiger partial charge is 0.0434 e. The van der Waals surface area contributed by atoms with E-state index in [1.165, 1.54) is 140 Å². The molecule has 0 aliphatic heterocycles. The lowest BCUT2D eigenvalue weighted by Gasteiger charge is -2.12. The minimum Gasteiger partial charge on any atom is -0.134 e. The largest absolute Gasteiger partial charge is 0.134 e. The van der Waals surface area contributed by atoms with Crippen molar-refractivity contribution in [3.63, 3.8) is 0 Å². The van der Waals surface area contributed by atoms with Crippen molar-refractivity contribution in [3.8, 4) is 55.6 Å². The third-order valence-electron chi connectivity index (χ3n) is 12.5. The lowest BCUT2D eigenvalue weighted by atomic mass is 9.92. The molecule has 0 fully saturated rings. The number of thiophene rings is 2. The lowest BCUT2D eigenvalue weighted by molar-refractivity contribution is 1.26. The molecule has 10 aromatic rings. The van der Waals surface area contributed by atoms with Gasteiger partial charge >= 0.3 is 0 Å². The van der Waals surface area contributed by atoms with Gasteiger partial charge in [-0.2, -0.15) is 0 Å². The Morgan fingerprint density at radius 2 is 0.667 bits per heavy atom. The summed E-state index contributed by atoms with van der Waals surface area (Å²) in [4.78, 5) is 0. The van der Waals surface area contributed by atoms with Crippen LogP contribution in [0.5, 0.6) is 0 Å². The predicted octanol–water partition coefficient (Wildman–Crippen LogP) is 16.5. The quantitative estimate of drug-likeness (QED) is 0.167. The van der Waals surface area contributed by atoms with Crippen LogP contribution in [0.2, 0.25) is 0 Å². The molecule has 0 unspecified atom stereocenters. The minimum atomic E-state index is 0.975. The van der Waals surface area contributed by atoms with E-state index in [1.54, 1.807) is 0 Å². The van der Waals surface area contributed by atoms with Gasteiger partial charge in [0.25, 0.3) is 0 Å². The van der Waals surface area contributed by atoms with Gasteiger partial charge in [0.1, 0.15) is 0 Å². The van der Waals surface area contributed by atoms with Gasteiger partial charge in [-0.05, 0) is 138 Å². The molecule has 274 valence electrons. The Balaban J connectivity index is 1.03. The Labute approximate surface area is 342 Å². The summed E-state index contributed by atoms with van der Waals surface area (Å²) in [6.45, 7) is 13.4. The van der Waals surface area contributed by atoms with Crippen LogP contribution in [0.4, 0.5) is 0 Å². The molecule has 0 saturated heterocycles. The highest BCUT2D eigenvalue weighted by molar-refractivity contribution is 7.27. The minimum absolute atomic E-state index is 0.975. The van der Waals surface area contributed by atoms with Crippen molar-refractivity contribution in [1.29, 1.82) is 0 Å². The maximum absolute atomic E-state index is 2.47. The van der Waals surface area contributed by atoms with Crippen molar-refractivity contribution in [2.24, 2.45) is 0 Å². The summed E-state index contributed by atoms with van der Waals surface area (Å²) in [7, 11) is 0. The normalized spacial score (nSPS) is 12.3. The Morgan fingerprint density at radius 3 is 1.04 bits per heavy atom. The van der Waals surface area contributed by atoms with Crippen LogP contribution in [0.25, 0.3) is 96.0 Å². The van der Waals surface area contributed by atoms with Gasteiger partial charge in [-0.1, -0.05) is 132 Å². The molecular formula is C55H42S2. The molecule has 2 heterocycles. The van der Waals surface area contributed by atoms with Crippen LogP contribution in [0.15, 0.2) is 133 Å². The Hall–Kier alpha value is -5.80. The summed E-state index contributed by atoms with van der Waals surface area (Å²) >= 11 is 3.90. The first-order valence-electron chi connectivity index (χ1n) is 20.0. The van der Waals surface area contributed by atoms with Crippen LogP contribution in [-0.2, 0) is 6.42 Å². The van der Waals surface area contributed by atoms with Gasteiger partial charge in [-0.3, -0.25) is 0 Å². The number of hydrogen-bond donors (Lipinski definition) is 0. The number of fused-ring (bicyclic) bond motifs is 9. The van der Waals surface area contributed by atoms with Gasteiger partial charge in [-0.25, -0.2) is 0 Å². The number of aryl methyl sites for hydroxylation is 6. The number of hydrogen-bond acceptors (Lipinski definition) is 2. The van der Waals surface area contributed by atoms with Gasteiger partial charge in [0.05, 0.1) is 0 Å². The second-order valence-corrected chi connectivity index (χ2v) is 18.4. The van der Waals surface area contributed by atoms with E-state index >= 15 is 0 Å². The third-order valence-corrected chi connectivity index (χ3v) is 15.0. The molecule has 0 saturated carbocycles. The van der Waals surface area contributed by atoms with Crippen molar-refractivity contribution in [3.05, 3.63) is 178 Å². The van der Waals surface area contributed by atoms with E-state index in [2.05, 4.69) is 175 Å². The van der Waals surface area contributed by atoms with Gasteiger partial charge in [-0.15, -0.1) is 22.7 Å². The van der Waals surface area contributed by atoms with Gasteiger partial charge in [0.15, 0.2) is 0 Å². The summed E-state index contributed by atoms with van der Waals surface area (Å²) < 4.78 is 5.47. The van der Waals surface area contributed by atoms with Gasteiger partial charge in [0.2, 0.25) is 0 Å². The molecule has 0 spiro atoms. The molecule has 0 bridgehead atoms. The van der Waals surface area contributed by atoms with Crippen LogP contribution < -0.4 is 0 Å². The van der Waals surface area contributed by atoms with Gasteiger partial charge in [0, 0.05) is 51.5 Å². The Bertz CT molecular complexity index is 3060. The molecule has 0 radical (unpaired) electrons. The van der Waals surface area contributed by atoms with Crippen LogP contribution in [0.1, 0.15) is 44.5 Å². The number of benzene rings is 8. The first-order valence-corrected chi connectivity index (χ1v) is 21.7. The lowest BCUT2D eigenvalue weighted by Crippen LogP contribution is -1.90. The topological polar surface area (TPSA) is 0 Å². The maximum Gasteiger partial charge on any atom is 0.0434 e. The van der Waals surface area contributed by atoms with E-state index < -0.39 is 0 Å². The highest BCUT2D eigenvalue weighted by atomic mass is 32.1. The molecule has 8 aromatic carbocycles. The molecule has 0 N–H and O–H groups in total. The first-order chi connectivity index (χ1) is 27.7. The summed E-state index contributed by atoms with van der Waals surface area (Å²) in [5.74, 6) is 0. The average Bonchev–Trinajstić information content (AvgIpc) is 3.89. The second kappa shape index (κ2) is 12.9. The van der Waals surface area contributed by atoms with E-state index in [0.29, 0.717) is 0 Å². The fourth-order valence-electron chi connectivity index (χ4n) is 10.2. The van der Waals surface area contributed by atoms with E-state index in [9.17, 15) is 0 Å². The average molecular weight is 767 g/mol. The molecule has 0 atom stereocenters. The van der Waals surface area contributed by atoms with E-state index in [1.807, 2.05) is 22.7 Å². The molecule has 2 heteroatoms. The standard InChI is InChI=1S/C55H42S2/c1-30-23-32(3)50(33(4)24-30)46-17-9-15-44-42-13-7-11-40(52(42)56-54(44)46)38-21-19-36-27-37-20-22-39(29-49(37)48(36)28-38)41-12-8-14-43-45-16-10-18-47(55(45)57-53(41)43)51-34(5)25-31(2)26-35(51)6/h7-26,28-29H,27H2,1-6H3. The van der Waals surface area contributed by atoms with E-state index in [4.69, 9.17) is 0 Å². The molecule has 57 heavy (non-hydrogen) atoms. The fourth-order valence-corrected chi connectivity index (χ4v) is 12.9. The van der Waals surface area contributed by atoms with Crippen LogP contribution >= 0.6 is 22.7 Å². The second-order valence-electron chi connectivity index (χ2n) is 16.4. The molecule has 2 aromatic heterocycles. The predicted molar refractivity (Wildman–Crippen MR) is 251 cm³/mol. The monoisotopic (exact) mass is 766 g/mol. The summed E-state index contributed by atoms with van der Waals surface area (Å²) in [6, 6.07) is 51.2. The highest BCUT2D eigenvalue weighted by Gasteiger charge is 2.23. The van der Waals surface area contributed by atoms with Gasteiger partial charge < -0.3 is 0 Å². The molecule has 0 amide bonds. The van der Waals surface area contributed by atoms with Crippen molar-refractivity contribution >= 4 is 63.0 Å². The molecular weight excluding hydrogens is 725 g/mol. The number of rotatable bonds is 4. The van der Waals surface area contributed by atoms with Crippen molar-refractivity contribution in [2.45, 2.75) is 48.0 Å². The summed E-state index contributed by atoms with van der Waals surface area (Å²) in [6.07, 6.45) is 0.975. The first kappa shape index (κ1) is 34.4. The zero-order valence-electron chi connectivity index (χ0n) is 33.2. The molecule has 1 aliphatic rings. The van der Waals surface area contributed by atoms with E-state index in [0.717, 1.165) is 6.42 Å². The summed E-state index contributed by atoms with van der Waals surface area (Å²) in [5.41, 5.74) is 24.2. The highest BCUT2D eigenvalue weighted by Crippen LogP contribution is 2.49. The van der Waals surface area contributed by atoms with Crippen LogP contribution in [-0.4, -0.2) is 0 Å². The van der Waals surface area contributed by atoms with Crippen molar-refractivity contribution < 1.29 is 0 Å². The summed E-state index contributed by atoms with van der Waals surface area (Å²) in [5, 5.41) is 5.37. The SMILES string of the molecule is Cc1cc(C)c(-c2cccc3c2sc2c(-c4ccc5c(c4)-c4cc(-c6cccc7c6sc6c(-c8c(C)cc(C)cc8C)cccc67)ccc4C5)cccc23)c(C)c1. The molecule has 11 rings (SSSR count). The molecule has 0 nitrogen and oxygen atoms in total. The zero-order valence-corrected chi connectivity index (χ0v) is 34.9. The molecule has 1 aliphatic carbocycles. The van der Waals surface area contributed by atoms with Crippen molar-refractivity contribution in [1.82, 2.24) is 0 Å². The zero-order chi connectivity index (χ0) is 38.7. The van der Waals surface area contributed by atoms with E-state index in [-0.39, 0.29) is 0 Å². The Kier molecular flexibility index (Phi) is 7.77.